The van der Waals surface area contributed by atoms with E-state index in [9.17, 15) is 4.79 Å². The summed E-state index contributed by atoms with van der Waals surface area (Å²) in [6.45, 7) is 6.77. The number of nitrogens with two attached hydrogens (primary N) is 1. The summed E-state index contributed by atoms with van der Waals surface area (Å²) in [5.41, 5.74) is 7.37. The summed E-state index contributed by atoms with van der Waals surface area (Å²) in [6.07, 6.45) is 0. The molecule has 0 fully saturated rings. The molecule has 0 saturated heterocycles. The van der Waals surface area contributed by atoms with Crippen LogP contribution in [0.1, 0.15) is 26.3 Å². The molecular weight excluding hydrogens is 214 g/mol. The highest BCUT2D eigenvalue weighted by molar-refractivity contribution is 5.78. The Morgan fingerprint density at radius 1 is 1.29 bits per heavy atom. The van der Waals surface area contributed by atoms with Gasteiger partial charge in [-0.25, -0.2) is 0 Å². The van der Waals surface area contributed by atoms with Gasteiger partial charge in [0.05, 0.1) is 6.54 Å². The molecule has 0 bridgehead atoms. The molecule has 0 aliphatic rings. The number of amides is 1. The molecule has 0 aromatic heterocycles. The number of hydrogen-bond acceptors (Lipinski definition) is 3. The normalized spacial score (nSPS) is 11.2. The summed E-state index contributed by atoms with van der Waals surface area (Å²) in [7, 11) is 0. The minimum absolute atomic E-state index is 0.00741. The number of carbonyl (C=O) groups is 1. The maximum absolute atomic E-state index is 11.5. The van der Waals surface area contributed by atoms with Gasteiger partial charge in [-0.05, 0) is 32.4 Å². The first-order chi connectivity index (χ1) is 7.88. The van der Waals surface area contributed by atoms with E-state index in [1.807, 2.05) is 45.0 Å². The standard InChI is InChI=1S/C13H21N3O/c1-13(2,3)16-12(17)9-15-8-10-6-4-5-7-11(10)14/h4-7,15H,8-9,14H2,1-3H3,(H,16,17). The van der Waals surface area contributed by atoms with E-state index in [4.69, 9.17) is 5.73 Å². The molecule has 4 heteroatoms. The average molecular weight is 235 g/mol. The highest BCUT2D eigenvalue weighted by Crippen LogP contribution is 2.09. The fourth-order valence-electron chi connectivity index (χ4n) is 1.47. The topological polar surface area (TPSA) is 67.2 Å². The van der Waals surface area contributed by atoms with E-state index in [1.54, 1.807) is 0 Å². The monoisotopic (exact) mass is 235 g/mol. The number of benzene rings is 1. The first-order valence-electron chi connectivity index (χ1n) is 5.73. The molecule has 0 spiro atoms. The Kier molecular flexibility index (Phi) is 4.52. The molecule has 0 aliphatic carbocycles. The molecule has 1 aromatic rings. The van der Waals surface area contributed by atoms with Crippen molar-refractivity contribution in [2.75, 3.05) is 12.3 Å². The number of rotatable bonds is 4. The minimum atomic E-state index is -0.190. The van der Waals surface area contributed by atoms with Crippen LogP contribution in [-0.4, -0.2) is 18.0 Å². The lowest BCUT2D eigenvalue weighted by Crippen LogP contribution is -2.44. The first-order valence-corrected chi connectivity index (χ1v) is 5.73. The van der Waals surface area contributed by atoms with Gasteiger partial charge in [0, 0.05) is 17.8 Å². The molecule has 1 amide bonds. The lowest BCUT2D eigenvalue weighted by molar-refractivity contribution is -0.121. The maximum Gasteiger partial charge on any atom is 0.234 e. The molecule has 0 saturated carbocycles. The number of carbonyl (C=O) groups excluding carboxylic acids is 1. The molecule has 0 radical (unpaired) electrons. The molecule has 1 aromatic carbocycles. The number of nitrogens with one attached hydrogen (secondary N) is 2. The Bertz CT molecular complexity index is 382. The van der Waals surface area contributed by atoms with Gasteiger partial charge in [0.2, 0.25) is 5.91 Å². The highest BCUT2D eigenvalue weighted by Gasteiger charge is 2.12. The zero-order chi connectivity index (χ0) is 12.9. The van der Waals surface area contributed by atoms with Crippen molar-refractivity contribution >= 4 is 11.6 Å². The predicted octanol–water partition coefficient (Wildman–Crippen LogP) is 1.27. The molecule has 0 unspecified atom stereocenters. The highest BCUT2D eigenvalue weighted by atomic mass is 16.2. The largest absolute Gasteiger partial charge is 0.398 e. The summed E-state index contributed by atoms with van der Waals surface area (Å²) < 4.78 is 0. The summed E-state index contributed by atoms with van der Waals surface area (Å²) in [4.78, 5) is 11.5. The fraction of sp³-hybridized carbons (Fsp3) is 0.462. The molecule has 0 aliphatic heterocycles. The van der Waals surface area contributed by atoms with E-state index in [0.717, 1.165) is 11.3 Å². The number of hydrogen-bond donors (Lipinski definition) is 3. The van der Waals surface area contributed by atoms with E-state index < -0.39 is 0 Å². The van der Waals surface area contributed by atoms with Crippen molar-refractivity contribution in [3.63, 3.8) is 0 Å². The third-order valence-corrected chi connectivity index (χ3v) is 2.17. The number of nitrogen functional groups attached to an aromatic ring is 1. The second-order valence-corrected chi connectivity index (χ2v) is 5.10. The van der Waals surface area contributed by atoms with Gasteiger partial charge in [-0.2, -0.15) is 0 Å². The summed E-state index contributed by atoms with van der Waals surface area (Å²) in [5, 5.41) is 5.96. The van der Waals surface area contributed by atoms with Crippen LogP contribution in [0.15, 0.2) is 24.3 Å². The molecule has 0 atom stereocenters. The molecule has 17 heavy (non-hydrogen) atoms. The average Bonchev–Trinajstić information content (AvgIpc) is 2.18. The first kappa shape index (κ1) is 13.5. The van der Waals surface area contributed by atoms with Crippen LogP contribution in [0.25, 0.3) is 0 Å². The third-order valence-electron chi connectivity index (χ3n) is 2.17. The van der Waals surface area contributed by atoms with E-state index in [2.05, 4.69) is 10.6 Å². The van der Waals surface area contributed by atoms with Gasteiger partial charge in [-0.3, -0.25) is 4.79 Å². The van der Waals surface area contributed by atoms with Crippen molar-refractivity contribution in [3.05, 3.63) is 29.8 Å². The Morgan fingerprint density at radius 2 is 1.94 bits per heavy atom. The van der Waals surface area contributed by atoms with Crippen LogP contribution in [-0.2, 0) is 11.3 Å². The van der Waals surface area contributed by atoms with Crippen LogP contribution in [0, 0.1) is 0 Å². The van der Waals surface area contributed by atoms with E-state index in [-0.39, 0.29) is 11.4 Å². The fourth-order valence-corrected chi connectivity index (χ4v) is 1.47. The van der Waals surface area contributed by atoms with Gasteiger partial charge in [0.1, 0.15) is 0 Å². The maximum atomic E-state index is 11.5. The molecule has 94 valence electrons. The van der Waals surface area contributed by atoms with Gasteiger partial charge in [0.25, 0.3) is 0 Å². The van der Waals surface area contributed by atoms with Crippen molar-refractivity contribution in [1.82, 2.24) is 10.6 Å². The van der Waals surface area contributed by atoms with Gasteiger partial charge in [-0.15, -0.1) is 0 Å². The van der Waals surface area contributed by atoms with Crippen LogP contribution in [0.4, 0.5) is 5.69 Å². The smallest absolute Gasteiger partial charge is 0.234 e. The second kappa shape index (κ2) is 5.68. The molecule has 4 N–H and O–H groups in total. The number of anilines is 1. The quantitative estimate of drug-likeness (QED) is 0.689. The van der Waals surface area contributed by atoms with Crippen LogP contribution in [0.5, 0.6) is 0 Å². The van der Waals surface area contributed by atoms with E-state index in [1.165, 1.54) is 0 Å². The SMILES string of the molecule is CC(C)(C)NC(=O)CNCc1ccccc1N. The summed E-state index contributed by atoms with van der Waals surface area (Å²) in [5.74, 6) is -0.00741. The van der Waals surface area contributed by atoms with Crippen LogP contribution >= 0.6 is 0 Å². The summed E-state index contributed by atoms with van der Waals surface area (Å²) >= 11 is 0. The van der Waals surface area contributed by atoms with Crippen molar-refractivity contribution in [2.24, 2.45) is 0 Å². The van der Waals surface area contributed by atoms with Crippen molar-refractivity contribution in [3.8, 4) is 0 Å². The molecule has 0 heterocycles. The van der Waals surface area contributed by atoms with Crippen molar-refractivity contribution in [1.29, 1.82) is 0 Å². The zero-order valence-electron chi connectivity index (χ0n) is 10.7. The van der Waals surface area contributed by atoms with E-state index >= 15 is 0 Å². The van der Waals surface area contributed by atoms with Crippen molar-refractivity contribution in [2.45, 2.75) is 32.9 Å². The Morgan fingerprint density at radius 3 is 2.53 bits per heavy atom. The van der Waals surface area contributed by atoms with Gasteiger partial charge >= 0.3 is 0 Å². The lowest BCUT2D eigenvalue weighted by atomic mass is 10.1. The van der Waals surface area contributed by atoms with E-state index in [0.29, 0.717) is 13.1 Å². The van der Waals surface area contributed by atoms with Crippen LogP contribution in [0.2, 0.25) is 0 Å². The van der Waals surface area contributed by atoms with Crippen LogP contribution < -0.4 is 16.4 Å². The third kappa shape index (κ3) is 5.36. The Hall–Kier alpha value is -1.55. The van der Waals surface area contributed by atoms with Crippen molar-refractivity contribution < 1.29 is 4.79 Å². The van der Waals surface area contributed by atoms with Gasteiger partial charge in [-0.1, -0.05) is 18.2 Å². The molecule has 1 rings (SSSR count). The second-order valence-electron chi connectivity index (χ2n) is 5.10. The summed E-state index contributed by atoms with van der Waals surface area (Å²) in [6, 6.07) is 7.63. The Balaban J connectivity index is 2.34. The zero-order valence-corrected chi connectivity index (χ0v) is 10.7. The minimum Gasteiger partial charge on any atom is -0.398 e. The van der Waals surface area contributed by atoms with Crippen LogP contribution in [0.3, 0.4) is 0 Å². The Labute approximate surface area is 103 Å². The molecular formula is C13H21N3O. The predicted molar refractivity (Wildman–Crippen MR) is 70.5 cm³/mol. The van der Waals surface area contributed by atoms with Gasteiger partial charge < -0.3 is 16.4 Å². The lowest BCUT2D eigenvalue weighted by Gasteiger charge is -2.20. The van der Waals surface area contributed by atoms with Gasteiger partial charge in [0.15, 0.2) is 0 Å². The molecule has 4 nitrogen and oxygen atoms in total. The number of para-hydroxylation sites is 1.